The van der Waals surface area contributed by atoms with Gasteiger partial charge >= 0.3 is 5.69 Å². The number of nitrogens with two attached hydrogens (primary N) is 1. The number of amides is 1. The van der Waals surface area contributed by atoms with E-state index in [-0.39, 0.29) is 28.0 Å². The normalized spacial score (nSPS) is 11.6. The number of benzene rings is 2. The first-order valence-electron chi connectivity index (χ1n) is 10.9. The second-order valence-corrected chi connectivity index (χ2v) is 10.2. The van der Waals surface area contributed by atoms with Crippen LogP contribution in [0.15, 0.2) is 56.8 Å². The number of halogens is 2. The second kappa shape index (κ2) is 9.04. The van der Waals surface area contributed by atoms with E-state index in [1.54, 1.807) is 44.2 Å². The molecule has 0 saturated heterocycles. The van der Waals surface area contributed by atoms with Gasteiger partial charge in [0.2, 0.25) is 5.91 Å². The summed E-state index contributed by atoms with van der Waals surface area (Å²) >= 11 is 1.97. The first-order chi connectivity index (χ1) is 16.8. The van der Waals surface area contributed by atoms with Crippen molar-refractivity contribution in [1.29, 1.82) is 0 Å². The average Bonchev–Trinajstić information content (AvgIpc) is 2.81. The van der Waals surface area contributed by atoms with Crippen molar-refractivity contribution >= 4 is 50.9 Å². The molecule has 4 aromatic rings. The van der Waals surface area contributed by atoms with Crippen LogP contribution in [0.2, 0.25) is 0 Å². The molecule has 0 radical (unpaired) electrons. The zero-order valence-electron chi connectivity index (χ0n) is 19.9. The lowest BCUT2D eigenvalue weighted by Crippen LogP contribution is -2.36. The topological polar surface area (TPSA) is 132 Å². The third kappa shape index (κ3) is 4.12. The lowest BCUT2D eigenvalue weighted by atomic mass is 9.84. The summed E-state index contributed by atoms with van der Waals surface area (Å²) in [5.74, 6) is -1.12. The number of nitrogens with one attached hydrogen (secondary N) is 2. The van der Waals surface area contributed by atoms with E-state index in [4.69, 9.17) is 5.73 Å². The van der Waals surface area contributed by atoms with Gasteiger partial charge in [0.25, 0.3) is 11.1 Å². The predicted octanol–water partition coefficient (Wildman–Crippen LogP) is 2.94. The molecule has 0 aliphatic heterocycles. The van der Waals surface area contributed by atoms with Crippen molar-refractivity contribution in [3.63, 3.8) is 0 Å². The van der Waals surface area contributed by atoms with Crippen molar-refractivity contribution in [1.82, 2.24) is 14.1 Å². The van der Waals surface area contributed by atoms with Crippen LogP contribution in [-0.4, -0.2) is 20.0 Å². The van der Waals surface area contributed by atoms with Gasteiger partial charge in [0.05, 0.1) is 22.3 Å². The third-order valence-corrected chi connectivity index (χ3v) is 6.96. The molecule has 2 heterocycles. The summed E-state index contributed by atoms with van der Waals surface area (Å²) in [4.78, 5) is 53.7. The van der Waals surface area contributed by atoms with E-state index in [1.165, 1.54) is 35.2 Å². The molecule has 36 heavy (non-hydrogen) atoms. The number of aromatic amines is 1. The second-order valence-electron chi connectivity index (χ2n) is 8.94. The van der Waals surface area contributed by atoms with E-state index >= 15 is 0 Å². The highest BCUT2D eigenvalue weighted by molar-refractivity contribution is 14.1. The van der Waals surface area contributed by atoms with Crippen LogP contribution in [-0.2, 0) is 17.3 Å². The summed E-state index contributed by atoms with van der Waals surface area (Å²) in [6, 6.07) is 11.0. The Balaban J connectivity index is 2.09. The molecular weight excluding hydrogens is 580 g/mol. The number of rotatable bonds is 5. The molecule has 11 heteroatoms. The zero-order chi connectivity index (χ0) is 26.5. The van der Waals surface area contributed by atoms with Gasteiger partial charge in [-0.2, -0.15) is 0 Å². The maximum absolute atomic E-state index is 14.6. The first kappa shape index (κ1) is 25.4. The molecule has 0 saturated carbocycles. The molecule has 0 unspecified atom stereocenters. The van der Waals surface area contributed by atoms with Gasteiger partial charge in [0.1, 0.15) is 17.0 Å². The molecule has 0 spiro atoms. The summed E-state index contributed by atoms with van der Waals surface area (Å²) in [5.41, 5.74) is 3.64. The van der Waals surface area contributed by atoms with Gasteiger partial charge in [-0.05, 0) is 79.3 Å². The van der Waals surface area contributed by atoms with Crippen molar-refractivity contribution < 1.29 is 9.18 Å². The number of carbonyl (C=O) groups excluding carboxylic acids is 1. The first-order valence-corrected chi connectivity index (χ1v) is 11.9. The molecule has 1 amide bonds. The Morgan fingerprint density at radius 2 is 1.83 bits per heavy atom. The van der Waals surface area contributed by atoms with E-state index < -0.39 is 33.9 Å². The molecule has 2 aromatic carbocycles. The van der Waals surface area contributed by atoms with Crippen LogP contribution in [0.4, 0.5) is 15.9 Å². The summed E-state index contributed by atoms with van der Waals surface area (Å²) < 4.78 is 17.7. The van der Waals surface area contributed by atoms with Crippen LogP contribution in [0, 0.1) is 16.3 Å². The van der Waals surface area contributed by atoms with Crippen molar-refractivity contribution in [3.8, 4) is 5.69 Å². The molecule has 186 valence electrons. The van der Waals surface area contributed by atoms with Gasteiger partial charge < -0.3 is 11.1 Å². The molecule has 4 N–H and O–H groups in total. The molecule has 0 atom stereocenters. The lowest BCUT2D eigenvalue weighted by Gasteiger charge is -2.23. The minimum absolute atomic E-state index is 0.00767. The Bertz CT molecular complexity index is 1740. The highest BCUT2D eigenvalue weighted by atomic mass is 127. The molecule has 4 rings (SSSR count). The van der Waals surface area contributed by atoms with Gasteiger partial charge in [-0.1, -0.05) is 12.1 Å². The van der Waals surface area contributed by atoms with Crippen molar-refractivity contribution in [2.75, 3.05) is 5.32 Å². The largest absolute Gasteiger partial charge is 0.369 e. The van der Waals surface area contributed by atoms with Crippen molar-refractivity contribution in [2.24, 2.45) is 12.8 Å². The highest BCUT2D eigenvalue weighted by Crippen LogP contribution is 2.29. The third-order valence-electron chi connectivity index (χ3n) is 6.29. The predicted molar refractivity (Wildman–Crippen MR) is 145 cm³/mol. The number of fused-ring (bicyclic) bond motifs is 1. The number of H-pyrrole nitrogens is 1. The number of aryl methyl sites for hydroxylation is 1. The summed E-state index contributed by atoms with van der Waals surface area (Å²) in [6.45, 7) is 4.81. The fourth-order valence-corrected chi connectivity index (χ4v) is 4.47. The Hall–Kier alpha value is -3.74. The highest BCUT2D eigenvalue weighted by Gasteiger charge is 2.28. The molecular formula is C25H23FIN5O4. The van der Waals surface area contributed by atoms with Crippen molar-refractivity contribution in [3.05, 3.63) is 94.2 Å². The number of aromatic nitrogens is 3. The Morgan fingerprint density at radius 1 is 1.14 bits per heavy atom. The molecule has 0 aliphatic rings. The molecule has 2 aromatic heterocycles. The minimum Gasteiger partial charge on any atom is -0.369 e. The van der Waals surface area contributed by atoms with E-state index in [0.717, 1.165) is 0 Å². The number of anilines is 2. The number of hydrogen-bond acceptors (Lipinski definition) is 5. The number of carbonyl (C=O) groups is 1. The van der Waals surface area contributed by atoms with Crippen LogP contribution >= 0.6 is 22.6 Å². The van der Waals surface area contributed by atoms with Crippen LogP contribution in [0.3, 0.4) is 0 Å². The van der Waals surface area contributed by atoms with Gasteiger partial charge in [0, 0.05) is 16.2 Å². The van der Waals surface area contributed by atoms with E-state index in [2.05, 4.69) is 10.3 Å². The van der Waals surface area contributed by atoms with Crippen molar-refractivity contribution in [2.45, 2.75) is 26.2 Å². The van der Waals surface area contributed by atoms with Crippen LogP contribution in [0.1, 0.15) is 25.0 Å². The number of hydrogen-bond donors (Lipinski definition) is 3. The Kier molecular flexibility index (Phi) is 6.37. The van der Waals surface area contributed by atoms with Gasteiger partial charge in [0.15, 0.2) is 0 Å². The van der Waals surface area contributed by atoms with Gasteiger partial charge in [-0.15, -0.1) is 0 Å². The fourth-order valence-electron chi connectivity index (χ4n) is 4.02. The average molecular weight is 603 g/mol. The van der Waals surface area contributed by atoms with Crippen LogP contribution in [0.25, 0.3) is 16.6 Å². The lowest BCUT2D eigenvalue weighted by molar-refractivity contribution is -0.122. The molecule has 0 fully saturated rings. The molecule has 9 nitrogen and oxygen atoms in total. The standard InChI is InChI=1S/C25H23FIN5O4/c1-12-19-18(20(31(4)22(12)34)29-17-9-8-14(27)11-16(17)26)21(33)30-24(36)32(19)15-7-5-6-13(10-15)25(2,3)23(28)35/h5-11,29H,1-4H3,(H2,28,35)(H,30,33,36). The summed E-state index contributed by atoms with van der Waals surface area (Å²) in [6.07, 6.45) is 0. The Labute approximate surface area is 217 Å². The van der Waals surface area contributed by atoms with Crippen LogP contribution in [0.5, 0.6) is 0 Å². The fraction of sp³-hybridized carbons (Fsp3) is 0.200. The maximum Gasteiger partial charge on any atom is 0.333 e. The maximum atomic E-state index is 14.6. The Morgan fingerprint density at radius 3 is 2.47 bits per heavy atom. The number of pyridine rings is 1. The van der Waals surface area contributed by atoms with E-state index in [1.807, 2.05) is 22.6 Å². The summed E-state index contributed by atoms with van der Waals surface area (Å²) in [5, 5.41) is 2.85. The van der Waals surface area contributed by atoms with Crippen LogP contribution < -0.4 is 27.9 Å². The SMILES string of the molecule is Cc1c(=O)n(C)c(Nc2ccc(I)cc2F)c2c(=O)[nH]c(=O)n(-c3cccc(C(C)(C)C(N)=O)c3)c12. The van der Waals surface area contributed by atoms with E-state index in [9.17, 15) is 23.6 Å². The molecule has 0 bridgehead atoms. The van der Waals surface area contributed by atoms with Gasteiger partial charge in [-0.3, -0.25) is 28.5 Å². The van der Waals surface area contributed by atoms with Gasteiger partial charge in [-0.25, -0.2) is 9.18 Å². The number of primary amides is 1. The quantitative estimate of drug-likeness (QED) is 0.302. The minimum atomic E-state index is -1.04. The monoisotopic (exact) mass is 603 g/mol. The zero-order valence-corrected chi connectivity index (χ0v) is 22.1. The molecule has 0 aliphatic carbocycles. The summed E-state index contributed by atoms with van der Waals surface area (Å²) in [7, 11) is 1.45. The number of nitrogens with zero attached hydrogens (tertiary/aromatic N) is 2. The van der Waals surface area contributed by atoms with E-state index in [0.29, 0.717) is 14.8 Å². The smallest absolute Gasteiger partial charge is 0.333 e.